The number of carbonyl (C=O) groups excluding carboxylic acids is 1. The van der Waals surface area contributed by atoms with Gasteiger partial charge < -0.3 is 0 Å². The van der Waals surface area contributed by atoms with Crippen LogP contribution < -0.4 is 0 Å². The Morgan fingerprint density at radius 1 is 0.929 bits per heavy atom. The Morgan fingerprint density at radius 3 is 2.50 bits per heavy atom. The Labute approximate surface area is 171 Å². The second-order valence-electron chi connectivity index (χ2n) is 11.5. The molecule has 0 aromatic heterocycles. The molecule has 0 spiro atoms. The molecule has 28 heavy (non-hydrogen) atoms. The van der Waals surface area contributed by atoms with Crippen molar-refractivity contribution in [3.8, 4) is 0 Å². The summed E-state index contributed by atoms with van der Waals surface area (Å²) in [4.78, 5) is 12.4. The van der Waals surface area contributed by atoms with Gasteiger partial charge in [0.1, 0.15) is 0 Å². The quantitative estimate of drug-likeness (QED) is 0.446. The molecular formula is C27H36O. The van der Waals surface area contributed by atoms with E-state index in [9.17, 15) is 4.79 Å². The van der Waals surface area contributed by atoms with Crippen LogP contribution in [0.2, 0.25) is 0 Å². The Kier molecular flexibility index (Phi) is 3.88. The van der Waals surface area contributed by atoms with Gasteiger partial charge in [0.25, 0.3) is 0 Å². The topological polar surface area (TPSA) is 17.1 Å². The molecule has 0 N–H and O–H groups in total. The normalized spacial score (nSPS) is 47.5. The van der Waals surface area contributed by atoms with Crippen LogP contribution in [0.4, 0.5) is 0 Å². The molecule has 0 heterocycles. The highest BCUT2D eigenvalue weighted by Gasteiger charge is 2.60. The summed E-state index contributed by atoms with van der Waals surface area (Å²) >= 11 is 0. The Balaban J connectivity index is 1.60. The zero-order valence-corrected chi connectivity index (χ0v) is 18.4. The maximum absolute atomic E-state index is 12.4. The number of allylic oxidation sites excluding steroid dienone is 8. The molecule has 150 valence electrons. The first-order chi connectivity index (χ1) is 13.2. The fourth-order valence-electron chi connectivity index (χ4n) is 8.06. The minimum atomic E-state index is 0.0362. The molecule has 0 aromatic rings. The first-order valence-corrected chi connectivity index (χ1v) is 11.6. The maximum atomic E-state index is 12.4. The summed E-state index contributed by atoms with van der Waals surface area (Å²) < 4.78 is 0. The van der Waals surface area contributed by atoms with Gasteiger partial charge in [-0.3, -0.25) is 4.79 Å². The largest absolute Gasteiger partial charge is 0.290 e. The number of ketones is 1. The molecule has 0 aliphatic heterocycles. The number of rotatable bonds is 0. The molecule has 6 atom stereocenters. The summed E-state index contributed by atoms with van der Waals surface area (Å²) in [5.74, 6) is 2.73. The van der Waals surface area contributed by atoms with Gasteiger partial charge in [-0.1, -0.05) is 51.8 Å². The highest BCUT2D eigenvalue weighted by atomic mass is 16.1. The monoisotopic (exact) mass is 376 g/mol. The van der Waals surface area contributed by atoms with Gasteiger partial charge in [-0.2, -0.15) is 0 Å². The van der Waals surface area contributed by atoms with Crippen LogP contribution in [0.5, 0.6) is 0 Å². The number of hydrogen-bond acceptors (Lipinski definition) is 1. The van der Waals surface area contributed by atoms with E-state index in [0.717, 1.165) is 23.3 Å². The Bertz CT molecular complexity index is 867. The minimum absolute atomic E-state index is 0.0362. The Hall–Kier alpha value is -1.37. The number of carbonyl (C=O) groups is 1. The van der Waals surface area contributed by atoms with Crippen molar-refractivity contribution in [1.82, 2.24) is 0 Å². The lowest BCUT2D eigenvalue weighted by molar-refractivity contribution is -0.110. The van der Waals surface area contributed by atoms with E-state index in [-0.39, 0.29) is 16.6 Å². The van der Waals surface area contributed by atoms with Crippen LogP contribution in [0.15, 0.2) is 46.6 Å². The van der Waals surface area contributed by atoms with Crippen LogP contribution in [0.3, 0.4) is 0 Å². The molecule has 0 saturated heterocycles. The van der Waals surface area contributed by atoms with E-state index < -0.39 is 0 Å². The van der Waals surface area contributed by atoms with Crippen LogP contribution in [0.1, 0.15) is 79.6 Å². The second-order valence-corrected chi connectivity index (χ2v) is 11.5. The Morgan fingerprint density at radius 2 is 1.71 bits per heavy atom. The van der Waals surface area contributed by atoms with Crippen molar-refractivity contribution in [3.63, 3.8) is 0 Å². The number of hydrogen-bond donors (Lipinski definition) is 0. The van der Waals surface area contributed by atoms with Crippen molar-refractivity contribution in [2.75, 3.05) is 0 Å². The first kappa shape index (κ1) is 18.6. The van der Waals surface area contributed by atoms with Crippen molar-refractivity contribution < 1.29 is 4.79 Å². The third kappa shape index (κ3) is 2.34. The van der Waals surface area contributed by atoms with E-state index in [1.807, 2.05) is 6.08 Å². The SMILES string of the molecule is CC1=CC(=O)C=C2C1=CC=C1C2(C)CCC2C3CC(C)CCC3(C)CCC12C. The van der Waals surface area contributed by atoms with Gasteiger partial charge in [0.15, 0.2) is 5.78 Å². The molecule has 0 radical (unpaired) electrons. The van der Waals surface area contributed by atoms with Crippen LogP contribution >= 0.6 is 0 Å². The molecule has 0 aromatic carbocycles. The summed E-state index contributed by atoms with van der Waals surface area (Å²) in [6.07, 6.45) is 18.0. The molecule has 1 nitrogen and oxygen atoms in total. The second kappa shape index (κ2) is 5.83. The summed E-state index contributed by atoms with van der Waals surface area (Å²) in [6.45, 7) is 12.2. The van der Waals surface area contributed by atoms with Crippen LogP contribution in [-0.2, 0) is 4.79 Å². The van der Waals surface area contributed by atoms with Gasteiger partial charge in [0.05, 0.1) is 0 Å². The van der Waals surface area contributed by atoms with Gasteiger partial charge in [-0.05, 0) is 103 Å². The maximum Gasteiger partial charge on any atom is 0.179 e. The van der Waals surface area contributed by atoms with Crippen molar-refractivity contribution in [2.45, 2.75) is 79.6 Å². The fraction of sp³-hybridized carbons (Fsp3) is 0.667. The van der Waals surface area contributed by atoms with Crippen LogP contribution in [0.25, 0.3) is 0 Å². The van der Waals surface area contributed by atoms with E-state index in [1.54, 1.807) is 11.6 Å². The molecule has 3 fully saturated rings. The van der Waals surface area contributed by atoms with Gasteiger partial charge in [-0.15, -0.1) is 0 Å². The van der Waals surface area contributed by atoms with Crippen molar-refractivity contribution in [3.05, 3.63) is 46.6 Å². The van der Waals surface area contributed by atoms with Gasteiger partial charge in [-0.25, -0.2) is 0 Å². The molecule has 0 amide bonds. The van der Waals surface area contributed by atoms with Crippen molar-refractivity contribution >= 4 is 5.78 Å². The third-order valence-electron chi connectivity index (χ3n) is 9.82. The molecule has 0 bridgehead atoms. The van der Waals surface area contributed by atoms with Gasteiger partial charge in [0.2, 0.25) is 0 Å². The highest BCUT2D eigenvalue weighted by Crippen LogP contribution is 2.69. The molecular weight excluding hydrogens is 340 g/mol. The molecule has 6 unspecified atom stereocenters. The predicted octanol–water partition coefficient (Wildman–Crippen LogP) is 6.97. The lowest BCUT2D eigenvalue weighted by atomic mass is 9.40. The van der Waals surface area contributed by atoms with E-state index in [2.05, 4.69) is 46.8 Å². The van der Waals surface area contributed by atoms with E-state index >= 15 is 0 Å². The number of fused-ring (bicyclic) bond motifs is 7. The fourth-order valence-corrected chi connectivity index (χ4v) is 8.06. The van der Waals surface area contributed by atoms with Gasteiger partial charge in [0, 0.05) is 5.41 Å². The third-order valence-corrected chi connectivity index (χ3v) is 9.82. The van der Waals surface area contributed by atoms with Gasteiger partial charge >= 0.3 is 0 Å². The smallest absolute Gasteiger partial charge is 0.179 e. The lowest BCUT2D eigenvalue weighted by Gasteiger charge is -2.64. The molecule has 5 rings (SSSR count). The minimum Gasteiger partial charge on any atom is -0.290 e. The van der Waals surface area contributed by atoms with E-state index in [0.29, 0.717) is 5.41 Å². The van der Waals surface area contributed by atoms with Crippen LogP contribution in [0, 0.1) is 34.0 Å². The average molecular weight is 377 g/mol. The molecule has 3 saturated carbocycles. The predicted molar refractivity (Wildman–Crippen MR) is 116 cm³/mol. The first-order valence-electron chi connectivity index (χ1n) is 11.6. The van der Waals surface area contributed by atoms with Crippen molar-refractivity contribution in [1.29, 1.82) is 0 Å². The van der Waals surface area contributed by atoms with Crippen molar-refractivity contribution in [2.24, 2.45) is 34.0 Å². The van der Waals surface area contributed by atoms with E-state index in [1.165, 1.54) is 56.1 Å². The summed E-state index contributed by atoms with van der Waals surface area (Å²) in [5.41, 5.74) is 6.27. The zero-order valence-electron chi connectivity index (χ0n) is 18.4. The van der Waals surface area contributed by atoms with E-state index in [4.69, 9.17) is 0 Å². The molecule has 5 aliphatic rings. The molecule has 5 aliphatic carbocycles. The average Bonchev–Trinajstić information content (AvgIpc) is 2.63. The zero-order chi connectivity index (χ0) is 19.9. The summed E-state index contributed by atoms with van der Waals surface area (Å²) in [6, 6.07) is 0. The summed E-state index contributed by atoms with van der Waals surface area (Å²) in [7, 11) is 0. The highest BCUT2D eigenvalue weighted by molar-refractivity contribution is 6.03. The lowest BCUT2D eigenvalue weighted by Crippen LogP contribution is -2.55. The van der Waals surface area contributed by atoms with Crippen LogP contribution in [-0.4, -0.2) is 5.78 Å². The standard InChI is InChI=1S/C27H36O/c1-17-8-10-25(3)12-13-27(5)21(23(25)14-17)9-11-26(4)22-16-19(28)15-18(2)20(22)6-7-24(26)27/h6-7,15-17,21,23H,8-14H2,1-5H3. The summed E-state index contributed by atoms with van der Waals surface area (Å²) in [5, 5.41) is 0. The molecule has 1 heteroatoms.